The van der Waals surface area contributed by atoms with Crippen LogP contribution in [0.4, 0.5) is 10.9 Å². The molecule has 0 unspecified atom stereocenters. The summed E-state index contributed by atoms with van der Waals surface area (Å²) in [5.41, 5.74) is 0.865. The van der Waals surface area contributed by atoms with Crippen LogP contribution in [0.25, 0.3) is 0 Å². The smallest absolute Gasteiger partial charge is 0.249 e. The molecule has 1 amide bonds. The number of carbonyl (C=O) groups is 1. The molecule has 0 aromatic carbocycles. The number of thiazole rings is 1. The Balaban J connectivity index is 1.86. The number of hydrogen-bond donors (Lipinski definition) is 1. The number of likely N-dealkylation sites (tertiary alicyclic amines) is 1. The van der Waals surface area contributed by atoms with Crippen LogP contribution in [0.2, 0.25) is 0 Å². The summed E-state index contributed by atoms with van der Waals surface area (Å²) in [6, 6.07) is 1.79. The fourth-order valence-corrected chi connectivity index (χ4v) is 3.44. The maximum atomic E-state index is 12.3. The van der Waals surface area contributed by atoms with Gasteiger partial charge >= 0.3 is 0 Å². The lowest BCUT2D eigenvalue weighted by Gasteiger charge is -2.34. The number of anilines is 2. The Morgan fingerprint density at radius 2 is 2.33 bits per heavy atom. The minimum absolute atomic E-state index is 0.0123. The number of piperidine rings is 1. The first kappa shape index (κ1) is 16.8. The number of ether oxygens (including phenoxy) is 1. The van der Waals surface area contributed by atoms with Crippen molar-refractivity contribution >= 4 is 28.2 Å². The molecule has 0 saturated carbocycles. The van der Waals surface area contributed by atoms with Crippen molar-refractivity contribution in [3.8, 4) is 0 Å². The van der Waals surface area contributed by atoms with Crippen LogP contribution in [0.5, 0.6) is 0 Å². The minimum atomic E-state index is -0.0989. The summed E-state index contributed by atoms with van der Waals surface area (Å²) < 4.78 is 5.01. The number of amides is 1. The summed E-state index contributed by atoms with van der Waals surface area (Å²) in [5.74, 6) is 1.37. The van der Waals surface area contributed by atoms with Crippen molar-refractivity contribution in [2.24, 2.45) is 0 Å². The van der Waals surface area contributed by atoms with Crippen molar-refractivity contribution in [3.05, 3.63) is 29.2 Å². The van der Waals surface area contributed by atoms with Crippen molar-refractivity contribution in [1.82, 2.24) is 19.9 Å². The topological polar surface area (TPSA) is 80.2 Å². The quantitative estimate of drug-likeness (QED) is 0.896. The second-order valence-corrected chi connectivity index (χ2v) is 6.64. The van der Waals surface area contributed by atoms with E-state index >= 15 is 0 Å². The van der Waals surface area contributed by atoms with E-state index in [9.17, 15) is 4.79 Å². The van der Waals surface area contributed by atoms with Crippen LogP contribution in [-0.2, 0) is 9.53 Å². The molecular weight excluding hydrogens is 326 g/mol. The molecule has 1 aliphatic rings. The number of nitrogens with one attached hydrogen (secondary N) is 1. The Morgan fingerprint density at radius 1 is 1.46 bits per heavy atom. The van der Waals surface area contributed by atoms with Gasteiger partial charge in [0, 0.05) is 37.0 Å². The molecule has 1 fully saturated rings. The molecule has 24 heavy (non-hydrogen) atoms. The highest BCUT2D eigenvalue weighted by Crippen LogP contribution is 2.30. The highest BCUT2D eigenvalue weighted by molar-refractivity contribution is 7.13. The van der Waals surface area contributed by atoms with E-state index in [4.69, 9.17) is 4.74 Å². The summed E-state index contributed by atoms with van der Waals surface area (Å²) in [6.07, 6.45) is 4.68. The zero-order valence-corrected chi connectivity index (χ0v) is 14.7. The number of aryl methyl sites for hydroxylation is 1. The molecule has 0 spiro atoms. The highest BCUT2D eigenvalue weighted by Gasteiger charge is 2.30. The molecule has 8 heteroatoms. The van der Waals surface area contributed by atoms with Gasteiger partial charge in [0.2, 0.25) is 5.91 Å². The zero-order chi connectivity index (χ0) is 16.9. The maximum absolute atomic E-state index is 12.3. The number of carbonyl (C=O) groups excluding carboxylic acids is 1. The molecular formula is C16H21N5O2S. The fourth-order valence-electron chi connectivity index (χ4n) is 2.90. The molecule has 0 aliphatic carbocycles. The second kappa shape index (κ2) is 7.67. The van der Waals surface area contributed by atoms with E-state index < -0.39 is 0 Å². The molecule has 2 aromatic heterocycles. The van der Waals surface area contributed by atoms with Crippen molar-refractivity contribution < 1.29 is 9.53 Å². The number of hydrogen-bond acceptors (Lipinski definition) is 7. The number of aromatic nitrogens is 3. The maximum Gasteiger partial charge on any atom is 0.249 e. The summed E-state index contributed by atoms with van der Waals surface area (Å²) in [7, 11) is 1.54. The van der Waals surface area contributed by atoms with Crippen LogP contribution in [0, 0.1) is 6.92 Å². The first-order valence-corrected chi connectivity index (χ1v) is 8.86. The summed E-state index contributed by atoms with van der Waals surface area (Å²) in [4.78, 5) is 27.6. The third-order valence-electron chi connectivity index (χ3n) is 3.93. The van der Waals surface area contributed by atoms with E-state index in [-0.39, 0.29) is 18.6 Å². The van der Waals surface area contributed by atoms with Gasteiger partial charge in [0.15, 0.2) is 11.0 Å². The standard InChI is InChI=1S/C16H21N5O2S/c1-11-9-13(20-16-17-6-8-24-16)19-15(18-11)12-5-3-4-7-21(12)14(22)10-23-2/h6,8-9,12H,3-5,7,10H2,1-2H3,(H,17,18,19,20)/t12-/m1/s1. The van der Waals surface area contributed by atoms with E-state index in [0.29, 0.717) is 11.6 Å². The van der Waals surface area contributed by atoms with Gasteiger partial charge in [-0.1, -0.05) is 0 Å². The summed E-state index contributed by atoms with van der Waals surface area (Å²) in [5, 5.41) is 5.89. The zero-order valence-electron chi connectivity index (χ0n) is 13.9. The van der Waals surface area contributed by atoms with E-state index in [0.717, 1.165) is 36.6 Å². The Morgan fingerprint density at radius 3 is 3.08 bits per heavy atom. The molecule has 3 heterocycles. The molecule has 1 saturated heterocycles. The molecule has 1 aliphatic heterocycles. The molecule has 1 N–H and O–H groups in total. The first-order valence-electron chi connectivity index (χ1n) is 7.98. The van der Waals surface area contributed by atoms with E-state index in [1.807, 2.05) is 23.3 Å². The largest absolute Gasteiger partial charge is 0.375 e. The van der Waals surface area contributed by atoms with Crippen LogP contribution in [0.15, 0.2) is 17.6 Å². The lowest BCUT2D eigenvalue weighted by molar-refractivity contribution is -0.139. The van der Waals surface area contributed by atoms with E-state index in [1.165, 1.54) is 18.4 Å². The third-order valence-corrected chi connectivity index (χ3v) is 4.62. The predicted octanol–water partition coefficient (Wildman–Crippen LogP) is 2.69. The number of methoxy groups -OCH3 is 1. The van der Waals surface area contributed by atoms with Crippen molar-refractivity contribution in [2.45, 2.75) is 32.2 Å². The fraction of sp³-hybridized carbons (Fsp3) is 0.500. The molecule has 2 aromatic rings. The Bertz CT molecular complexity index is 692. The van der Waals surface area contributed by atoms with Crippen LogP contribution in [0.3, 0.4) is 0 Å². The molecule has 1 atom stereocenters. The van der Waals surface area contributed by atoms with Crippen LogP contribution in [-0.4, -0.2) is 46.0 Å². The minimum Gasteiger partial charge on any atom is -0.375 e. The molecule has 0 radical (unpaired) electrons. The monoisotopic (exact) mass is 347 g/mol. The molecule has 128 valence electrons. The van der Waals surface area contributed by atoms with E-state index in [1.54, 1.807) is 6.20 Å². The highest BCUT2D eigenvalue weighted by atomic mass is 32.1. The van der Waals surface area contributed by atoms with Gasteiger partial charge in [-0.25, -0.2) is 15.0 Å². The van der Waals surface area contributed by atoms with Gasteiger partial charge < -0.3 is 15.0 Å². The van der Waals surface area contributed by atoms with Crippen molar-refractivity contribution in [3.63, 3.8) is 0 Å². The van der Waals surface area contributed by atoms with Crippen LogP contribution >= 0.6 is 11.3 Å². The van der Waals surface area contributed by atoms with Gasteiger partial charge in [-0.3, -0.25) is 4.79 Å². The predicted molar refractivity (Wildman–Crippen MR) is 92.3 cm³/mol. The van der Waals surface area contributed by atoms with Gasteiger partial charge in [0.25, 0.3) is 0 Å². The summed E-state index contributed by atoms with van der Waals surface area (Å²) in [6.45, 7) is 2.74. The SMILES string of the molecule is COCC(=O)N1CCCC[C@@H]1c1nc(C)cc(Nc2nccs2)n1. The normalized spacial score (nSPS) is 17.8. The number of rotatable bonds is 5. The van der Waals surface area contributed by atoms with Gasteiger partial charge in [-0.15, -0.1) is 11.3 Å². The Hall–Kier alpha value is -2.06. The van der Waals surface area contributed by atoms with Crippen molar-refractivity contribution in [1.29, 1.82) is 0 Å². The van der Waals surface area contributed by atoms with Gasteiger partial charge in [0.05, 0.1) is 6.04 Å². The average molecular weight is 347 g/mol. The molecule has 7 nitrogen and oxygen atoms in total. The number of nitrogens with zero attached hydrogens (tertiary/aromatic N) is 4. The van der Waals surface area contributed by atoms with Gasteiger partial charge in [-0.05, 0) is 26.2 Å². The van der Waals surface area contributed by atoms with Crippen LogP contribution in [0.1, 0.15) is 36.8 Å². The van der Waals surface area contributed by atoms with Crippen molar-refractivity contribution in [2.75, 3.05) is 25.6 Å². The van der Waals surface area contributed by atoms with Crippen LogP contribution < -0.4 is 5.32 Å². The lowest BCUT2D eigenvalue weighted by Crippen LogP contribution is -2.41. The van der Waals surface area contributed by atoms with Gasteiger partial charge in [0.1, 0.15) is 12.4 Å². The molecule has 0 bridgehead atoms. The van der Waals surface area contributed by atoms with Gasteiger partial charge in [-0.2, -0.15) is 0 Å². The summed E-state index contributed by atoms with van der Waals surface area (Å²) >= 11 is 1.51. The Labute approximate surface area is 145 Å². The Kier molecular flexibility index (Phi) is 5.37. The average Bonchev–Trinajstić information content (AvgIpc) is 3.07. The lowest BCUT2D eigenvalue weighted by atomic mass is 10.0. The second-order valence-electron chi connectivity index (χ2n) is 5.75. The molecule has 3 rings (SSSR count). The third kappa shape index (κ3) is 3.88. The van der Waals surface area contributed by atoms with E-state index in [2.05, 4.69) is 20.3 Å². The first-order chi connectivity index (χ1) is 11.7.